The summed E-state index contributed by atoms with van der Waals surface area (Å²) in [5.41, 5.74) is 2.12. The van der Waals surface area contributed by atoms with Crippen LogP contribution in [0.3, 0.4) is 0 Å². The molecule has 2 aromatic carbocycles. The van der Waals surface area contributed by atoms with Gasteiger partial charge in [0.1, 0.15) is 18.1 Å². The lowest BCUT2D eigenvalue weighted by Crippen LogP contribution is -1.95. The quantitative estimate of drug-likeness (QED) is 0.892. The molecule has 0 saturated carbocycles. The summed E-state index contributed by atoms with van der Waals surface area (Å²) in [6, 6.07) is 12.9. The van der Waals surface area contributed by atoms with Crippen molar-refractivity contribution in [3.05, 3.63) is 58.6 Å². The zero-order valence-electron chi connectivity index (χ0n) is 9.48. The number of aromatic hydroxyl groups is 1. The van der Waals surface area contributed by atoms with Crippen LogP contribution >= 0.6 is 11.6 Å². The van der Waals surface area contributed by atoms with Gasteiger partial charge in [-0.2, -0.15) is 0 Å². The molecule has 0 spiro atoms. The molecule has 0 aliphatic rings. The summed E-state index contributed by atoms with van der Waals surface area (Å²) in [4.78, 5) is 0. The van der Waals surface area contributed by atoms with Gasteiger partial charge in [0, 0.05) is 0 Å². The van der Waals surface area contributed by atoms with E-state index < -0.39 is 0 Å². The standard InChI is InChI=1S/C14H13ClO2/c1-10-2-5-12(6-3-10)17-9-11-4-7-14(16)13(15)8-11/h2-8,16H,9H2,1H3. The van der Waals surface area contributed by atoms with Gasteiger partial charge in [0.25, 0.3) is 0 Å². The van der Waals surface area contributed by atoms with E-state index in [2.05, 4.69) is 0 Å². The summed E-state index contributed by atoms with van der Waals surface area (Å²) >= 11 is 5.81. The molecule has 0 atom stereocenters. The first kappa shape index (κ1) is 11.8. The highest BCUT2D eigenvalue weighted by Crippen LogP contribution is 2.24. The second-order valence-electron chi connectivity index (χ2n) is 3.89. The van der Waals surface area contributed by atoms with Crippen molar-refractivity contribution in [1.82, 2.24) is 0 Å². The highest BCUT2D eigenvalue weighted by Gasteiger charge is 2.01. The van der Waals surface area contributed by atoms with Crippen molar-refractivity contribution in [1.29, 1.82) is 0 Å². The summed E-state index contributed by atoms with van der Waals surface area (Å²) < 4.78 is 5.60. The second kappa shape index (κ2) is 5.11. The minimum Gasteiger partial charge on any atom is -0.506 e. The number of halogens is 1. The van der Waals surface area contributed by atoms with Crippen LogP contribution in [-0.2, 0) is 6.61 Å². The van der Waals surface area contributed by atoms with E-state index in [9.17, 15) is 5.11 Å². The molecule has 2 rings (SSSR count). The Morgan fingerprint density at radius 1 is 1.12 bits per heavy atom. The van der Waals surface area contributed by atoms with E-state index in [1.807, 2.05) is 31.2 Å². The van der Waals surface area contributed by atoms with Gasteiger partial charge in [-0.1, -0.05) is 35.4 Å². The average Bonchev–Trinajstić information content (AvgIpc) is 2.33. The molecular formula is C14H13ClO2. The number of phenolic OH excluding ortho intramolecular Hbond substituents is 1. The van der Waals surface area contributed by atoms with Crippen molar-refractivity contribution >= 4 is 11.6 Å². The normalized spacial score (nSPS) is 10.2. The predicted octanol–water partition coefficient (Wildman–Crippen LogP) is 3.93. The lowest BCUT2D eigenvalue weighted by atomic mass is 10.2. The Hall–Kier alpha value is -1.67. The van der Waals surface area contributed by atoms with E-state index in [1.165, 1.54) is 5.56 Å². The molecule has 0 fully saturated rings. The lowest BCUT2D eigenvalue weighted by Gasteiger charge is -2.07. The molecule has 0 aliphatic heterocycles. The maximum Gasteiger partial charge on any atom is 0.134 e. The van der Waals surface area contributed by atoms with Crippen LogP contribution in [0.25, 0.3) is 0 Å². The molecule has 0 bridgehead atoms. The highest BCUT2D eigenvalue weighted by molar-refractivity contribution is 6.32. The van der Waals surface area contributed by atoms with Gasteiger partial charge in [-0.05, 0) is 36.8 Å². The van der Waals surface area contributed by atoms with E-state index >= 15 is 0 Å². The van der Waals surface area contributed by atoms with Gasteiger partial charge in [-0.15, -0.1) is 0 Å². The molecule has 1 N–H and O–H groups in total. The summed E-state index contributed by atoms with van der Waals surface area (Å²) in [6.07, 6.45) is 0. The first-order valence-electron chi connectivity index (χ1n) is 5.32. The third-order valence-corrected chi connectivity index (χ3v) is 2.74. The van der Waals surface area contributed by atoms with Crippen LogP contribution in [0, 0.1) is 6.92 Å². The number of ether oxygens (including phenoxy) is 1. The summed E-state index contributed by atoms with van der Waals surface area (Å²) in [7, 11) is 0. The minimum atomic E-state index is 0.0887. The van der Waals surface area contributed by atoms with Crippen LogP contribution in [0.4, 0.5) is 0 Å². The Bertz CT molecular complexity index is 506. The zero-order valence-corrected chi connectivity index (χ0v) is 10.2. The first-order chi connectivity index (χ1) is 8.15. The second-order valence-corrected chi connectivity index (χ2v) is 4.29. The Labute approximate surface area is 105 Å². The minimum absolute atomic E-state index is 0.0887. The first-order valence-corrected chi connectivity index (χ1v) is 5.70. The van der Waals surface area contributed by atoms with Crippen molar-refractivity contribution in [2.75, 3.05) is 0 Å². The van der Waals surface area contributed by atoms with E-state index in [-0.39, 0.29) is 5.75 Å². The van der Waals surface area contributed by atoms with E-state index in [0.717, 1.165) is 11.3 Å². The molecule has 88 valence electrons. The third kappa shape index (κ3) is 3.14. The van der Waals surface area contributed by atoms with Crippen LogP contribution in [-0.4, -0.2) is 5.11 Å². The maximum absolute atomic E-state index is 9.29. The van der Waals surface area contributed by atoms with Gasteiger partial charge < -0.3 is 9.84 Å². The summed E-state index contributed by atoms with van der Waals surface area (Å²) in [5.74, 6) is 0.908. The number of benzene rings is 2. The van der Waals surface area contributed by atoms with Gasteiger partial charge in [-0.25, -0.2) is 0 Å². The number of hydrogen-bond acceptors (Lipinski definition) is 2. The molecular weight excluding hydrogens is 236 g/mol. The Morgan fingerprint density at radius 2 is 1.82 bits per heavy atom. The fraction of sp³-hybridized carbons (Fsp3) is 0.143. The number of aryl methyl sites for hydroxylation is 1. The molecule has 0 aromatic heterocycles. The summed E-state index contributed by atoms with van der Waals surface area (Å²) in [5, 5.41) is 9.63. The van der Waals surface area contributed by atoms with E-state index in [4.69, 9.17) is 16.3 Å². The SMILES string of the molecule is Cc1ccc(OCc2ccc(O)c(Cl)c2)cc1. The Kier molecular flexibility index (Phi) is 3.55. The largest absolute Gasteiger partial charge is 0.506 e. The third-order valence-electron chi connectivity index (χ3n) is 2.44. The monoisotopic (exact) mass is 248 g/mol. The molecule has 17 heavy (non-hydrogen) atoms. The van der Waals surface area contributed by atoms with Gasteiger partial charge in [0.05, 0.1) is 5.02 Å². The molecule has 0 amide bonds. The number of hydrogen-bond donors (Lipinski definition) is 1. The Balaban J connectivity index is 2.02. The topological polar surface area (TPSA) is 29.5 Å². The van der Waals surface area contributed by atoms with E-state index in [1.54, 1.807) is 18.2 Å². The average molecular weight is 249 g/mol. The van der Waals surface area contributed by atoms with Crippen molar-refractivity contribution in [2.45, 2.75) is 13.5 Å². The van der Waals surface area contributed by atoms with Gasteiger partial charge in [0.15, 0.2) is 0 Å². The van der Waals surface area contributed by atoms with Crippen LogP contribution < -0.4 is 4.74 Å². The fourth-order valence-corrected chi connectivity index (χ4v) is 1.64. The predicted molar refractivity (Wildman–Crippen MR) is 68.6 cm³/mol. The molecule has 0 saturated heterocycles. The molecule has 2 nitrogen and oxygen atoms in total. The van der Waals surface area contributed by atoms with Gasteiger partial charge >= 0.3 is 0 Å². The molecule has 0 aliphatic carbocycles. The van der Waals surface area contributed by atoms with Crippen molar-refractivity contribution in [3.8, 4) is 11.5 Å². The van der Waals surface area contributed by atoms with Crippen molar-refractivity contribution in [2.24, 2.45) is 0 Å². The van der Waals surface area contributed by atoms with Crippen LogP contribution in [0.2, 0.25) is 5.02 Å². The lowest BCUT2D eigenvalue weighted by molar-refractivity contribution is 0.306. The highest BCUT2D eigenvalue weighted by atomic mass is 35.5. The molecule has 2 aromatic rings. The van der Waals surface area contributed by atoms with Crippen LogP contribution in [0.1, 0.15) is 11.1 Å². The van der Waals surface area contributed by atoms with E-state index in [0.29, 0.717) is 11.6 Å². The van der Waals surface area contributed by atoms with Gasteiger partial charge in [-0.3, -0.25) is 0 Å². The summed E-state index contributed by atoms with van der Waals surface area (Å²) in [6.45, 7) is 2.46. The van der Waals surface area contributed by atoms with Gasteiger partial charge in [0.2, 0.25) is 0 Å². The number of phenols is 1. The molecule has 0 radical (unpaired) electrons. The zero-order chi connectivity index (χ0) is 12.3. The van der Waals surface area contributed by atoms with Crippen molar-refractivity contribution in [3.63, 3.8) is 0 Å². The van der Waals surface area contributed by atoms with Crippen LogP contribution in [0.15, 0.2) is 42.5 Å². The van der Waals surface area contributed by atoms with Crippen LogP contribution in [0.5, 0.6) is 11.5 Å². The Morgan fingerprint density at radius 3 is 2.47 bits per heavy atom. The fourth-order valence-electron chi connectivity index (χ4n) is 1.44. The molecule has 0 unspecified atom stereocenters. The molecule has 0 heterocycles. The van der Waals surface area contributed by atoms with Crippen molar-refractivity contribution < 1.29 is 9.84 Å². The maximum atomic E-state index is 9.29. The molecule has 3 heteroatoms. The smallest absolute Gasteiger partial charge is 0.134 e. The number of rotatable bonds is 3.